The van der Waals surface area contributed by atoms with Gasteiger partial charge in [0, 0.05) is 24.7 Å². The van der Waals surface area contributed by atoms with Gasteiger partial charge >= 0.3 is 0 Å². The maximum Gasteiger partial charge on any atom is 0.228 e. The van der Waals surface area contributed by atoms with Gasteiger partial charge in [-0.1, -0.05) is 30.3 Å². The first kappa shape index (κ1) is 21.1. The topological polar surface area (TPSA) is 32.3 Å². The molecule has 3 aromatic rings. The molecule has 3 nitrogen and oxygen atoms in total. The molecule has 0 spiro atoms. The van der Waals surface area contributed by atoms with Crippen LogP contribution in [0, 0.1) is 23.4 Å². The van der Waals surface area contributed by atoms with E-state index in [0.717, 1.165) is 31.0 Å². The summed E-state index contributed by atoms with van der Waals surface area (Å²) in [5.74, 6) is -2.07. The number of carbonyl (C=O) groups is 1. The molecular weight excluding hydrogens is 401 g/mol. The molecule has 4 rings (SSSR count). The van der Waals surface area contributed by atoms with Crippen LogP contribution >= 0.6 is 0 Å². The average Bonchev–Trinajstić information content (AvgIpc) is 2.76. The number of benzene rings is 3. The normalized spacial score (nSPS) is 16.8. The first-order valence-electron chi connectivity index (χ1n) is 10.3. The van der Waals surface area contributed by atoms with Crippen molar-refractivity contribution in [2.75, 3.05) is 18.4 Å². The van der Waals surface area contributed by atoms with E-state index in [4.69, 9.17) is 0 Å². The lowest BCUT2D eigenvalue weighted by Gasteiger charge is -2.32. The second-order valence-corrected chi connectivity index (χ2v) is 7.87. The Morgan fingerprint density at radius 3 is 2.61 bits per heavy atom. The number of hydrogen-bond donors (Lipinski definition) is 1. The Hall–Kier alpha value is -3.12. The van der Waals surface area contributed by atoms with Crippen molar-refractivity contribution in [3.63, 3.8) is 0 Å². The van der Waals surface area contributed by atoms with Crippen LogP contribution in [0.1, 0.15) is 18.4 Å². The van der Waals surface area contributed by atoms with Crippen molar-refractivity contribution in [3.05, 3.63) is 89.7 Å². The Morgan fingerprint density at radius 2 is 1.81 bits per heavy atom. The van der Waals surface area contributed by atoms with Crippen LogP contribution in [0.4, 0.5) is 18.9 Å². The molecule has 0 saturated carbocycles. The molecule has 1 fully saturated rings. The van der Waals surface area contributed by atoms with Crippen LogP contribution in [0.3, 0.4) is 0 Å². The molecular formula is C25H23F3N2O. The van der Waals surface area contributed by atoms with Crippen LogP contribution in [0.2, 0.25) is 0 Å². The highest BCUT2D eigenvalue weighted by atomic mass is 19.1. The second kappa shape index (κ2) is 9.35. The minimum atomic E-state index is -0.606. The summed E-state index contributed by atoms with van der Waals surface area (Å²) in [7, 11) is 0. The predicted molar refractivity (Wildman–Crippen MR) is 115 cm³/mol. The van der Waals surface area contributed by atoms with Crippen molar-refractivity contribution in [2.45, 2.75) is 19.4 Å². The molecule has 31 heavy (non-hydrogen) atoms. The number of rotatable bonds is 5. The first-order chi connectivity index (χ1) is 15.0. The van der Waals surface area contributed by atoms with Gasteiger partial charge in [0.15, 0.2) is 0 Å². The Morgan fingerprint density at radius 1 is 0.968 bits per heavy atom. The number of nitrogens with one attached hydrogen (secondary N) is 1. The zero-order chi connectivity index (χ0) is 21.8. The fraction of sp³-hybridized carbons (Fsp3) is 0.240. The molecule has 0 bridgehead atoms. The van der Waals surface area contributed by atoms with Gasteiger partial charge in [-0.15, -0.1) is 0 Å². The second-order valence-electron chi connectivity index (χ2n) is 7.87. The van der Waals surface area contributed by atoms with Gasteiger partial charge in [0.2, 0.25) is 5.91 Å². The van der Waals surface area contributed by atoms with E-state index in [1.54, 1.807) is 24.3 Å². The van der Waals surface area contributed by atoms with E-state index in [9.17, 15) is 18.0 Å². The predicted octanol–water partition coefficient (Wildman–Crippen LogP) is 5.62. The van der Waals surface area contributed by atoms with E-state index >= 15 is 0 Å². The Kier molecular flexibility index (Phi) is 6.37. The molecule has 1 aliphatic rings. The number of anilines is 1. The van der Waals surface area contributed by atoms with Crippen molar-refractivity contribution in [3.8, 4) is 11.1 Å². The van der Waals surface area contributed by atoms with Gasteiger partial charge < -0.3 is 5.32 Å². The van der Waals surface area contributed by atoms with Gasteiger partial charge in [0.1, 0.15) is 17.5 Å². The summed E-state index contributed by atoms with van der Waals surface area (Å²) in [6.45, 7) is 2.02. The third kappa shape index (κ3) is 5.14. The summed E-state index contributed by atoms with van der Waals surface area (Å²) in [6, 6.07) is 17.2. The molecule has 0 radical (unpaired) electrons. The van der Waals surface area contributed by atoms with E-state index in [1.807, 2.05) is 18.2 Å². The highest BCUT2D eigenvalue weighted by Crippen LogP contribution is 2.26. The van der Waals surface area contributed by atoms with Gasteiger partial charge in [-0.3, -0.25) is 9.69 Å². The quantitative estimate of drug-likeness (QED) is 0.576. The number of nitrogens with zero attached hydrogens (tertiary/aromatic N) is 1. The molecule has 1 aliphatic heterocycles. The van der Waals surface area contributed by atoms with E-state index in [2.05, 4.69) is 10.2 Å². The number of likely N-dealkylation sites (tertiary alicyclic amines) is 1. The lowest BCUT2D eigenvalue weighted by atomic mass is 9.96. The maximum absolute atomic E-state index is 14.2. The molecule has 1 unspecified atom stereocenters. The highest BCUT2D eigenvalue weighted by Gasteiger charge is 2.26. The molecule has 1 saturated heterocycles. The van der Waals surface area contributed by atoms with Gasteiger partial charge in [-0.05, 0) is 60.8 Å². The molecule has 1 amide bonds. The largest absolute Gasteiger partial charge is 0.323 e. The SMILES string of the molecule is O=C(Nc1ccccc1F)C1CCCN(Cc2cccc(-c3ccc(F)cc3F)c2)C1. The highest BCUT2D eigenvalue weighted by molar-refractivity contribution is 5.92. The van der Waals surface area contributed by atoms with Crippen LogP contribution < -0.4 is 5.32 Å². The summed E-state index contributed by atoms with van der Waals surface area (Å²) >= 11 is 0. The zero-order valence-electron chi connectivity index (χ0n) is 17.0. The van der Waals surface area contributed by atoms with Crippen LogP contribution in [0.25, 0.3) is 11.1 Å². The summed E-state index contributed by atoms with van der Waals surface area (Å²) < 4.78 is 41.2. The minimum absolute atomic E-state index is 0.183. The van der Waals surface area contributed by atoms with Crippen molar-refractivity contribution in [2.24, 2.45) is 5.92 Å². The van der Waals surface area contributed by atoms with Crippen molar-refractivity contribution >= 4 is 11.6 Å². The van der Waals surface area contributed by atoms with E-state index < -0.39 is 17.5 Å². The van der Waals surface area contributed by atoms with Crippen LogP contribution in [-0.2, 0) is 11.3 Å². The summed E-state index contributed by atoms with van der Waals surface area (Å²) in [4.78, 5) is 14.8. The monoisotopic (exact) mass is 424 g/mol. The first-order valence-corrected chi connectivity index (χ1v) is 10.3. The number of amides is 1. The summed E-state index contributed by atoms with van der Waals surface area (Å²) in [6.07, 6.45) is 1.61. The molecule has 3 aromatic carbocycles. The van der Waals surface area contributed by atoms with E-state index in [1.165, 1.54) is 18.2 Å². The van der Waals surface area contributed by atoms with E-state index in [-0.39, 0.29) is 17.5 Å². The fourth-order valence-corrected chi connectivity index (χ4v) is 4.03. The van der Waals surface area contributed by atoms with Crippen molar-refractivity contribution in [1.82, 2.24) is 4.90 Å². The Bertz CT molecular complexity index is 1090. The van der Waals surface area contributed by atoms with Crippen molar-refractivity contribution < 1.29 is 18.0 Å². The van der Waals surface area contributed by atoms with E-state index in [0.29, 0.717) is 24.2 Å². The average molecular weight is 424 g/mol. The lowest BCUT2D eigenvalue weighted by Crippen LogP contribution is -2.40. The fourth-order valence-electron chi connectivity index (χ4n) is 4.03. The zero-order valence-corrected chi connectivity index (χ0v) is 17.0. The van der Waals surface area contributed by atoms with Crippen LogP contribution in [0.15, 0.2) is 66.7 Å². The van der Waals surface area contributed by atoms with Gasteiger partial charge in [-0.25, -0.2) is 13.2 Å². The van der Waals surface area contributed by atoms with Gasteiger partial charge in [0.25, 0.3) is 0 Å². The maximum atomic E-state index is 14.2. The number of hydrogen-bond acceptors (Lipinski definition) is 2. The number of carbonyl (C=O) groups excluding carboxylic acids is 1. The standard InChI is InChI=1S/C25H23F3N2O/c26-20-10-11-21(23(28)14-20)18-6-3-5-17(13-18)15-30-12-4-7-19(16-30)25(31)29-24-9-2-1-8-22(24)27/h1-3,5-6,8-11,13-14,19H,4,7,12,15-16H2,(H,29,31). The molecule has 1 N–H and O–H groups in total. The van der Waals surface area contributed by atoms with Crippen LogP contribution in [0.5, 0.6) is 0 Å². The number of piperidine rings is 1. The molecule has 160 valence electrons. The smallest absolute Gasteiger partial charge is 0.228 e. The Labute approximate surface area is 179 Å². The Balaban J connectivity index is 1.43. The molecule has 1 atom stereocenters. The third-order valence-corrected chi connectivity index (χ3v) is 5.58. The lowest BCUT2D eigenvalue weighted by molar-refractivity contribution is -0.121. The molecule has 0 aromatic heterocycles. The van der Waals surface area contributed by atoms with Crippen LogP contribution in [-0.4, -0.2) is 23.9 Å². The molecule has 6 heteroatoms. The minimum Gasteiger partial charge on any atom is -0.323 e. The molecule has 1 heterocycles. The number of para-hydroxylation sites is 1. The third-order valence-electron chi connectivity index (χ3n) is 5.58. The number of halogens is 3. The van der Waals surface area contributed by atoms with Gasteiger partial charge in [-0.2, -0.15) is 0 Å². The van der Waals surface area contributed by atoms with Gasteiger partial charge in [0.05, 0.1) is 11.6 Å². The van der Waals surface area contributed by atoms with Crippen molar-refractivity contribution in [1.29, 1.82) is 0 Å². The summed E-state index contributed by atoms with van der Waals surface area (Å²) in [5, 5.41) is 2.69. The molecule has 0 aliphatic carbocycles. The summed E-state index contributed by atoms with van der Waals surface area (Å²) in [5.41, 5.74) is 2.21.